The molecule has 3 rings (SSSR count). The predicted octanol–water partition coefficient (Wildman–Crippen LogP) is 2.29. The van der Waals surface area contributed by atoms with Crippen molar-refractivity contribution in [1.82, 2.24) is 13.9 Å². The van der Waals surface area contributed by atoms with Crippen molar-refractivity contribution in [1.29, 1.82) is 0 Å². The zero-order valence-electron chi connectivity index (χ0n) is 16.5. The van der Waals surface area contributed by atoms with Gasteiger partial charge in [0.05, 0.1) is 21.2 Å². The minimum atomic E-state index is -3.88. The van der Waals surface area contributed by atoms with Gasteiger partial charge in [-0.05, 0) is 30.7 Å². The van der Waals surface area contributed by atoms with Gasteiger partial charge in [0, 0.05) is 37.6 Å². The Morgan fingerprint density at radius 2 is 1.65 bits per heavy atom. The summed E-state index contributed by atoms with van der Waals surface area (Å²) in [5.74, 6) is -0.180. The van der Waals surface area contributed by atoms with Gasteiger partial charge in [-0.15, -0.1) is 11.3 Å². The molecule has 1 saturated heterocycles. The van der Waals surface area contributed by atoms with Gasteiger partial charge in [-0.1, -0.05) is 29.3 Å². The van der Waals surface area contributed by atoms with Crippen LogP contribution in [0.2, 0.25) is 10.0 Å². The number of rotatable bonds is 7. The molecular weight excluding hydrogens is 505 g/mol. The van der Waals surface area contributed by atoms with E-state index in [4.69, 9.17) is 23.2 Å². The van der Waals surface area contributed by atoms with Crippen molar-refractivity contribution in [2.75, 3.05) is 39.0 Å². The predicted molar refractivity (Wildman–Crippen MR) is 122 cm³/mol. The highest BCUT2D eigenvalue weighted by Gasteiger charge is 2.33. The minimum absolute atomic E-state index is 0.0579. The first kappa shape index (κ1) is 24.4. The van der Waals surface area contributed by atoms with Gasteiger partial charge >= 0.3 is 0 Å². The summed E-state index contributed by atoms with van der Waals surface area (Å²) in [5, 5.41) is 0.116. The Labute approximate surface area is 195 Å². The molecule has 0 radical (unpaired) electrons. The number of hydrogen-bond donors (Lipinski definition) is 1. The second-order valence-electron chi connectivity index (χ2n) is 6.93. The molecule has 13 heteroatoms. The number of nitrogens with zero attached hydrogens (tertiary/aromatic N) is 2. The van der Waals surface area contributed by atoms with E-state index in [0.717, 1.165) is 11.1 Å². The fourth-order valence-electron chi connectivity index (χ4n) is 3.13. The smallest absolute Gasteiger partial charge is 0.264 e. The maximum Gasteiger partial charge on any atom is 0.264 e. The molecule has 1 aromatic carbocycles. The van der Waals surface area contributed by atoms with Crippen LogP contribution in [0, 0.1) is 0 Å². The van der Waals surface area contributed by atoms with Crippen LogP contribution < -0.4 is 4.72 Å². The normalized spacial score (nSPS) is 15.9. The molecule has 1 aromatic heterocycles. The molecule has 170 valence electrons. The quantitative estimate of drug-likeness (QED) is 0.597. The van der Waals surface area contributed by atoms with Crippen LogP contribution >= 0.6 is 34.5 Å². The van der Waals surface area contributed by atoms with Crippen molar-refractivity contribution in [3.63, 3.8) is 0 Å². The monoisotopic (exact) mass is 525 g/mol. The van der Waals surface area contributed by atoms with E-state index in [1.165, 1.54) is 27.8 Å². The van der Waals surface area contributed by atoms with Gasteiger partial charge in [-0.2, -0.15) is 4.31 Å². The second kappa shape index (κ2) is 9.74. The number of benzene rings is 1. The van der Waals surface area contributed by atoms with E-state index in [1.54, 1.807) is 23.1 Å². The molecule has 2 heterocycles. The van der Waals surface area contributed by atoms with Gasteiger partial charge in [-0.3, -0.25) is 4.79 Å². The molecule has 0 saturated carbocycles. The van der Waals surface area contributed by atoms with E-state index >= 15 is 0 Å². The van der Waals surface area contributed by atoms with Gasteiger partial charge in [-0.25, -0.2) is 21.6 Å². The van der Waals surface area contributed by atoms with Crippen LogP contribution in [0.25, 0.3) is 0 Å². The van der Waals surface area contributed by atoms with Crippen LogP contribution in [0.1, 0.15) is 14.5 Å². The van der Waals surface area contributed by atoms with Gasteiger partial charge < -0.3 is 4.90 Å². The zero-order chi connectivity index (χ0) is 22.8. The Hall–Kier alpha value is -1.21. The highest BCUT2D eigenvalue weighted by atomic mass is 35.5. The Balaban J connectivity index is 1.61. The average Bonchev–Trinajstić information content (AvgIpc) is 3.15. The van der Waals surface area contributed by atoms with E-state index in [1.807, 2.05) is 0 Å². The summed E-state index contributed by atoms with van der Waals surface area (Å²) in [6, 6.07) is 8.02. The number of carbonyl (C=O) groups is 1. The number of piperazine rings is 1. The summed E-state index contributed by atoms with van der Waals surface area (Å²) in [6.45, 7) is 0.998. The van der Waals surface area contributed by atoms with Crippen LogP contribution in [0.15, 0.2) is 35.2 Å². The third-order valence-electron chi connectivity index (χ3n) is 4.65. The molecule has 0 bridgehead atoms. The minimum Gasteiger partial charge on any atom is -0.335 e. The lowest BCUT2D eigenvalue weighted by molar-refractivity contribution is 0.0703. The lowest BCUT2D eigenvalue weighted by Gasteiger charge is -2.34. The molecule has 1 N–H and O–H groups in total. The molecule has 8 nitrogen and oxygen atoms in total. The van der Waals surface area contributed by atoms with Crippen LogP contribution in [-0.2, 0) is 26.5 Å². The standard InChI is InChI=1S/C18H21Cl2N3O5S3/c1-30(25,26)21-8-7-13-5-6-16(29-13)18(24)22-9-11-23(12-10-22)31(27,28)17-14(19)3-2-4-15(17)20/h2-6,21H,7-12H2,1H3. The number of carbonyl (C=O) groups excluding carboxylic acids is 1. The molecule has 1 aliphatic rings. The molecule has 2 aromatic rings. The van der Waals surface area contributed by atoms with Crippen molar-refractivity contribution in [3.8, 4) is 0 Å². The van der Waals surface area contributed by atoms with E-state index in [9.17, 15) is 21.6 Å². The summed E-state index contributed by atoms with van der Waals surface area (Å²) in [6.07, 6.45) is 1.57. The lowest BCUT2D eigenvalue weighted by atomic mass is 10.3. The second-order valence-corrected chi connectivity index (χ2v) is 12.6. The van der Waals surface area contributed by atoms with Gasteiger partial charge in [0.2, 0.25) is 20.0 Å². The first-order chi connectivity index (χ1) is 14.5. The van der Waals surface area contributed by atoms with Gasteiger partial charge in [0.1, 0.15) is 4.90 Å². The number of nitrogens with one attached hydrogen (secondary N) is 1. The maximum atomic E-state index is 13.0. The van der Waals surface area contributed by atoms with E-state index in [0.29, 0.717) is 11.3 Å². The average molecular weight is 526 g/mol. The summed E-state index contributed by atoms with van der Waals surface area (Å²) in [7, 11) is -7.13. The highest BCUT2D eigenvalue weighted by Crippen LogP contribution is 2.32. The van der Waals surface area contributed by atoms with E-state index < -0.39 is 20.0 Å². The molecule has 0 unspecified atom stereocenters. The van der Waals surface area contributed by atoms with E-state index in [-0.39, 0.29) is 53.6 Å². The molecular formula is C18H21Cl2N3O5S3. The summed E-state index contributed by atoms with van der Waals surface area (Å²) >= 11 is 13.4. The zero-order valence-corrected chi connectivity index (χ0v) is 20.5. The van der Waals surface area contributed by atoms with Crippen LogP contribution in [0.5, 0.6) is 0 Å². The van der Waals surface area contributed by atoms with Crippen molar-refractivity contribution < 1.29 is 21.6 Å². The number of sulfonamides is 2. The SMILES string of the molecule is CS(=O)(=O)NCCc1ccc(C(=O)N2CCN(S(=O)(=O)c3c(Cl)cccc3Cl)CC2)s1. The third kappa shape index (κ3) is 5.98. The summed E-state index contributed by atoms with van der Waals surface area (Å²) in [5.41, 5.74) is 0. The molecule has 31 heavy (non-hydrogen) atoms. The Bertz CT molecular complexity index is 1150. The Morgan fingerprint density at radius 3 is 2.23 bits per heavy atom. The van der Waals surface area contributed by atoms with Crippen molar-refractivity contribution in [2.45, 2.75) is 11.3 Å². The molecule has 0 spiro atoms. The number of amides is 1. The molecule has 1 fully saturated rings. The largest absolute Gasteiger partial charge is 0.335 e. The molecule has 0 atom stereocenters. The fourth-order valence-corrected chi connectivity index (χ4v) is 7.09. The first-order valence-corrected chi connectivity index (χ1v) is 14.2. The number of hydrogen-bond acceptors (Lipinski definition) is 6. The lowest BCUT2D eigenvalue weighted by Crippen LogP contribution is -2.50. The Morgan fingerprint density at radius 1 is 1.03 bits per heavy atom. The van der Waals surface area contributed by atoms with Crippen molar-refractivity contribution in [2.24, 2.45) is 0 Å². The number of thiophene rings is 1. The van der Waals surface area contributed by atoms with Gasteiger partial charge in [0.25, 0.3) is 5.91 Å². The first-order valence-electron chi connectivity index (χ1n) is 9.26. The summed E-state index contributed by atoms with van der Waals surface area (Å²) < 4.78 is 51.9. The maximum absolute atomic E-state index is 13.0. The van der Waals surface area contributed by atoms with Crippen LogP contribution in [-0.4, -0.2) is 70.9 Å². The van der Waals surface area contributed by atoms with Gasteiger partial charge in [0.15, 0.2) is 0 Å². The molecule has 1 aliphatic heterocycles. The topological polar surface area (TPSA) is 104 Å². The Kier molecular flexibility index (Phi) is 7.67. The van der Waals surface area contributed by atoms with E-state index in [2.05, 4.69) is 4.72 Å². The fraction of sp³-hybridized carbons (Fsp3) is 0.389. The van der Waals surface area contributed by atoms with Crippen LogP contribution in [0.3, 0.4) is 0 Å². The molecule has 1 amide bonds. The van der Waals surface area contributed by atoms with Crippen molar-refractivity contribution in [3.05, 3.63) is 50.1 Å². The highest BCUT2D eigenvalue weighted by molar-refractivity contribution is 7.89. The third-order valence-corrected chi connectivity index (χ3v) is 9.37. The molecule has 0 aliphatic carbocycles. The van der Waals surface area contributed by atoms with Crippen LogP contribution in [0.4, 0.5) is 0 Å². The summed E-state index contributed by atoms with van der Waals surface area (Å²) in [4.78, 5) is 15.7. The van der Waals surface area contributed by atoms with Crippen molar-refractivity contribution >= 4 is 60.5 Å². The number of halogens is 2.